The number of hydrogen-bond donors (Lipinski definition) is 1. The summed E-state index contributed by atoms with van der Waals surface area (Å²) >= 11 is 0. The van der Waals surface area contributed by atoms with E-state index in [4.69, 9.17) is 4.74 Å². The van der Waals surface area contributed by atoms with Crippen LogP contribution in [0.3, 0.4) is 0 Å². The highest BCUT2D eigenvalue weighted by Crippen LogP contribution is 2.79. The van der Waals surface area contributed by atoms with Crippen molar-refractivity contribution < 1.29 is 9.84 Å². The molecule has 5 aliphatic carbocycles. The Morgan fingerprint density at radius 2 is 1.78 bits per heavy atom. The van der Waals surface area contributed by atoms with Gasteiger partial charge in [-0.2, -0.15) is 0 Å². The van der Waals surface area contributed by atoms with Crippen LogP contribution < -0.4 is 0 Å². The Labute approximate surface area is 198 Å². The zero-order valence-corrected chi connectivity index (χ0v) is 21.9. The smallest absolute Gasteiger partial charge is 0.0544 e. The largest absolute Gasteiger partial charge is 0.393 e. The first-order chi connectivity index (χ1) is 15.3. The lowest BCUT2D eigenvalue weighted by Gasteiger charge is -2.55. The van der Waals surface area contributed by atoms with E-state index >= 15 is 0 Å². The molecule has 0 heterocycles. The Bertz CT molecular complexity index is 676. The Kier molecular flexibility index (Phi) is 6.31. The molecule has 5 rings (SSSR count). The van der Waals surface area contributed by atoms with Crippen LogP contribution in [0.1, 0.15) is 118 Å². The number of fused-ring (bicyclic) bond motifs is 2. The molecule has 4 bridgehead atoms. The maximum absolute atomic E-state index is 10.6. The van der Waals surface area contributed by atoms with Gasteiger partial charge in [-0.05, 0) is 136 Å². The molecule has 5 aliphatic rings. The summed E-state index contributed by atoms with van der Waals surface area (Å²) in [5, 5.41) is 10.6. The fourth-order valence-corrected chi connectivity index (χ4v) is 10.9. The molecule has 0 aliphatic heterocycles. The molecule has 11 atom stereocenters. The molecule has 1 N–H and O–H groups in total. The molecule has 184 valence electrons. The van der Waals surface area contributed by atoms with E-state index in [1.807, 2.05) is 0 Å². The molecule has 5 saturated carbocycles. The van der Waals surface area contributed by atoms with Crippen LogP contribution in [0.15, 0.2) is 0 Å². The van der Waals surface area contributed by atoms with Gasteiger partial charge in [0.25, 0.3) is 0 Å². The van der Waals surface area contributed by atoms with Crippen LogP contribution in [0.5, 0.6) is 0 Å². The highest BCUT2D eigenvalue weighted by atomic mass is 16.5. The van der Waals surface area contributed by atoms with Gasteiger partial charge in [-0.1, -0.05) is 34.1 Å². The van der Waals surface area contributed by atoms with Gasteiger partial charge >= 0.3 is 0 Å². The summed E-state index contributed by atoms with van der Waals surface area (Å²) in [6.45, 7) is 13.3. The van der Waals surface area contributed by atoms with Crippen molar-refractivity contribution in [1.29, 1.82) is 0 Å². The van der Waals surface area contributed by atoms with Crippen LogP contribution >= 0.6 is 0 Å². The van der Waals surface area contributed by atoms with E-state index in [1.54, 1.807) is 0 Å². The van der Waals surface area contributed by atoms with Gasteiger partial charge in [0.15, 0.2) is 0 Å². The average Bonchev–Trinajstić information content (AvgIpc) is 3.17. The third-order valence-electron chi connectivity index (χ3n) is 12.9. The molecule has 1 spiro atoms. The van der Waals surface area contributed by atoms with Crippen molar-refractivity contribution in [3.05, 3.63) is 0 Å². The van der Waals surface area contributed by atoms with Crippen LogP contribution in [0.2, 0.25) is 0 Å². The predicted molar refractivity (Wildman–Crippen MR) is 132 cm³/mol. The van der Waals surface area contributed by atoms with Gasteiger partial charge in [0.1, 0.15) is 0 Å². The van der Waals surface area contributed by atoms with E-state index in [-0.39, 0.29) is 6.10 Å². The van der Waals surface area contributed by atoms with Gasteiger partial charge in [-0.25, -0.2) is 0 Å². The number of rotatable bonds is 7. The molecule has 0 aromatic carbocycles. The zero-order valence-electron chi connectivity index (χ0n) is 21.9. The molecule has 0 aromatic heterocycles. The summed E-state index contributed by atoms with van der Waals surface area (Å²) in [4.78, 5) is 0. The Hall–Kier alpha value is -0.0800. The van der Waals surface area contributed by atoms with Crippen molar-refractivity contribution in [2.45, 2.75) is 130 Å². The first kappa shape index (κ1) is 23.7. The normalized spacial score (nSPS) is 52.9. The maximum atomic E-state index is 10.6. The van der Waals surface area contributed by atoms with E-state index in [0.717, 1.165) is 61.4 Å². The van der Waals surface area contributed by atoms with Crippen LogP contribution in [-0.2, 0) is 4.74 Å². The standard InChI is InChI=1S/C30H52O2/c1-6-20(3)32-16-8-9-22-10-15-30-19-27-24(12-14-29(22,30)5)26(30)17-21(7-2)25-18-23(31)11-13-28(25,27)4/h20-27,31H,6-19H2,1-5H3/t20?,21-,22-,23+,24?,25?,26?,27?,28?,29?,30?/m0/s1. The Balaban J connectivity index is 1.38. The second-order valence-corrected chi connectivity index (χ2v) is 13.6. The minimum absolute atomic E-state index is 0.0323. The maximum Gasteiger partial charge on any atom is 0.0544 e. The minimum Gasteiger partial charge on any atom is -0.393 e. The van der Waals surface area contributed by atoms with Gasteiger partial charge in [0.05, 0.1) is 12.2 Å². The van der Waals surface area contributed by atoms with Gasteiger partial charge in [-0.15, -0.1) is 0 Å². The number of hydrogen-bond acceptors (Lipinski definition) is 2. The van der Waals surface area contributed by atoms with E-state index in [0.29, 0.717) is 22.3 Å². The number of ether oxygens (including phenoxy) is 1. The number of aliphatic hydroxyl groups is 1. The molecule has 0 radical (unpaired) electrons. The number of aliphatic hydroxyl groups excluding tert-OH is 1. The third-order valence-corrected chi connectivity index (χ3v) is 12.9. The quantitative estimate of drug-likeness (QED) is 0.409. The molecule has 0 amide bonds. The second-order valence-electron chi connectivity index (χ2n) is 13.6. The molecule has 2 nitrogen and oxygen atoms in total. The zero-order chi connectivity index (χ0) is 22.7. The van der Waals surface area contributed by atoms with Crippen molar-refractivity contribution in [1.82, 2.24) is 0 Å². The summed E-state index contributed by atoms with van der Waals surface area (Å²) < 4.78 is 6.05. The topological polar surface area (TPSA) is 29.5 Å². The lowest BCUT2D eigenvalue weighted by atomic mass is 9.50. The predicted octanol–water partition coefficient (Wildman–Crippen LogP) is 7.63. The van der Waals surface area contributed by atoms with Crippen molar-refractivity contribution in [3.8, 4) is 0 Å². The monoisotopic (exact) mass is 444 g/mol. The molecule has 0 saturated heterocycles. The first-order valence-electron chi connectivity index (χ1n) is 14.6. The van der Waals surface area contributed by atoms with Gasteiger partial charge < -0.3 is 9.84 Å². The molecule has 0 aromatic rings. The summed E-state index contributed by atoms with van der Waals surface area (Å²) in [5.41, 5.74) is 1.67. The van der Waals surface area contributed by atoms with Crippen LogP contribution in [0.4, 0.5) is 0 Å². The van der Waals surface area contributed by atoms with Crippen molar-refractivity contribution in [2.75, 3.05) is 6.61 Å². The van der Waals surface area contributed by atoms with Crippen LogP contribution in [-0.4, -0.2) is 23.9 Å². The van der Waals surface area contributed by atoms with Gasteiger partial charge in [-0.3, -0.25) is 0 Å². The van der Waals surface area contributed by atoms with Gasteiger partial charge in [0, 0.05) is 6.61 Å². The summed E-state index contributed by atoms with van der Waals surface area (Å²) in [5.74, 6) is 5.41. The van der Waals surface area contributed by atoms with Gasteiger partial charge in [0.2, 0.25) is 0 Å². The minimum atomic E-state index is -0.0323. The van der Waals surface area contributed by atoms with Crippen molar-refractivity contribution >= 4 is 0 Å². The molecular formula is C30H52O2. The third kappa shape index (κ3) is 3.31. The fourth-order valence-electron chi connectivity index (χ4n) is 10.9. The van der Waals surface area contributed by atoms with E-state index < -0.39 is 0 Å². The highest BCUT2D eigenvalue weighted by Gasteiger charge is 2.72. The second kappa shape index (κ2) is 8.54. The Morgan fingerprint density at radius 1 is 0.969 bits per heavy atom. The van der Waals surface area contributed by atoms with Crippen molar-refractivity contribution in [3.63, 3.8) is 0 Å². The summed E-state index contributed by atoms with van der Waals surface area (Å²) in [7, 11) is 0. The van der Waals surface area contributed by atoms with E-state index in [2.05, 4.69) is 34.6 Å². The molecule has 2 heteroatoms. The Morgan fingerprint density at radius 3 is 2.53 bits per heavy atom. The fraction of sp³-hybridized carbons (Fsp3) is 1.00. The molecule has 32 heavy (non-hydrogen) atoms. The van der Waals surface area contributed by atoms with Crippen LogP contribution in [0, 0.1) is 51.8 Å². The van der Waals surface area contributed by atoms with Crippen molar-refractivity contribution in [2.24, 2.45) is 51.8 Å². The molecule has 8 unspecified atom stereocenters. The lowest BCUT2D eigenvalue weighted by Crippen LogP contribution is -2.48. The average molecular weight is 445 g/mol. The summed E-state index contributed by atoms with van der Waals surface area (Å²) in [6, 6.07) is 0. The van der Waals surface area contributed by atoms with Crippen LogP contribution in [0.25, 0.3) is 0 Å². The lowest BCUT2D eigenvalue weighted by molar-refractivity contribution is -0.0737. The highest BCUT2D eigenvalue weighted by molar-refractivity contribution is 5.20. The van der Waals surface area contributed by atoms with E-state index in [9.17, 15) is 5.11 Å². The molecular weight excluding hydrogens is 392 g/mol. The molecule has 5 fully saturated rings. The first-order valence-corrected chi connectivity index (χ1v) is 14.6. The summed E-state index contributed by atoms with van der Waals surface area (Å²) in [6.07, 6.45) is 17.9. The SMILES string of the molecule is CCC(C)OCCC[C@H]1CCC23CC4C(CCC12C)C3C[C@H](CC)C1C[C@H](O)CCC41C. The van der Waals surface area contributed by atoms with E-state index in [1.165, 1.54) is 64.2 Å².